The highest BCUT2D eigenvalue weighted by Crippen LogP contribution is 2.37. The molecule has 11 nitrogen and oxygen atoms in total. The van der Waals surface area contributed by atoms with E-state index in [9.17, 15) is 29.6 Å². The van der Waals surface area contributed by atoms with E-state index in [1.54, 1.807) is 0 Å². The van der Waals surface area contributed by atoms with E-state index in [-0.39, 0.29) is 5.69 Å². The van der Waals surface area contributed by atoms with Crippen LogP contribution in [0.15, 0.2) is 29.2 Å². The van der Waals surface area contributed by atoms with Gasteiger partial charge in [0.2, 0.25) is 0 Å². The number of hydrogen-bond donors (Lipinski definition) is 1. The van der Waals surface area contributed by atoms with Gasteiger partial charge >= 0.3 is 17.9 Å². The van der Waals surface area contributed by atoms with Gasteiger partial charge in [-0.3, -0.25) is 24.5 Å². The monoisotopic (exact) mass is 443 g/mol. The molecule has 12 heteroatoms. The SMILES string of the molecule is CC(=O)O[C@@H]1[C@@H](OC(C)=O)[C@H](Sc2ccc([N+](=O)[O-])cc2)O[C@H](CO)[C@H]1OC(C)=O. The van der Waals surface area contributed by atoms with E-state index in [2.05, 4.69) is 0 Å². The second-order valence-corrected chi connectivity index (χ2v) is 7.49. The van der Waals surface area contributed by atoms with Crippen molar-refractivity contribution in [3.05, 3.63) is 34.4 Å². The Kier molecular flexibility index (Phi) is 8.15. The van der Waals surface area contributed by atoms with E-state index >= 15 is 0 Å². The topological polar surface area (TPSA) is 152 Å². The van der Waals surface area contributed by atoms with Gasteiger partial charge in [0.1, 0.15) is 11.5 Å². The summed E-state index contributed by atoms with van der Waals surface area (Å²) in [6, 6.07) is 5.54. The molecule has 0 spiro atoms. The number of esters is 3. The molecule has 1 aromatic carbocycles. The van der Waals surface area contributed by atoms with Gasteiger partial charge in [0, 0.05) is 37.8 Å². The molecule has 0 aliphatic carbocycles. The van der Waals surface area contributed by atoms with Crippen molar-refractivity contribution >= 4 is 35.4 Å². The average Bonchev–Trinajstić information content (AvgIpc) is 2.65. The molecule has 30 heavy (non-hydrogen) atoms. The molecule has 1 aliphatic rings. The van der Waals surface area contributed by atoms with Crippen molar-refractivity contribution in [1.29, 1.82) is 0 Å². The molecular weight excluding hydrogens is 422 g/mol. The van der Waals surface area contributed by atoms with Crippen LogP contribution in [0.3, 0.4) is 0 Å². The summed E-state index contributed by atoms with van der Waals surface area (Å²) in [5, 5.41) is 20.6. The van der Waals surface area contributed by atoms with Crippen LogP contribution in [-0.2, 0) is 33.3 Å². The lowest BCUT2D eigenvalue weighted by molar-refractivity contribution is -0.384. The number of thioether (sulfide) groups is 1. The number of nitro benzene ring substituents is 1. The Morgan fingerprint density at radius 2 is 1.50 bits per heavy atom. The lowest BCUT2D eigenvalue weighted by Crippen LogP contribution is -2.61. The first-order valence-electron chi connectivity index (χ1n) is 8.81. The first-order valence-corrected chi connectivity index (χ1v) is 9.69. The number of nitrogens with zero attached hydrogens (tertiary/aromatic N) is 1. The predicted octanol–water partition coefficient (Wildman–Crippen LogP) is 1.20. The van der Waals surface area contributed by atoms with Crippen LogP contribution in [0, 0.1) is 10.1 Å². The summed E-state index contributed by atoms with van der Waals surface area (Å²) in [6.07, 6.45) is -4.70. The predicted molar refractivity (Wildman–Crippen MR) is 101 cm³/mol. The highest BCUT2D eigenvalue weighted by atomic mass is 32.2. The van der Waals surface area contributed by atoms with Crippen molar-refractivity contribution in [1.82, 2.24) is 0 Å². The normalized spacial score (nSPS) is 25.8. The first kappa shape index (κ1) is 23.6. The van der Waals surface area contributed by atoms with Gasteiger partial charge in [-0.15, -0.1) is 0 Å². The molecule has 1 saturated heterocycles. The second kappa shape index (κ2) is 10.4. The summed E-state index contributed by atoms with van der Waals surface area (Å²) in [5.41, 5.74) is -1.08. The van der Waals surface area contributed by atoms with E-state index in [0.29, 0.717) is 4.90 Å². The zero-order chi connectivity index (χ0) is 22.4. The van der Waals surface area contributed by atoms with Crippen LogP contribution in [0.2, 0.25) is 0 Å². The largest absolute Gasteiger partial charge is 0.456 e. The fraction of sp³-hybridized carbons (Fsp3) is 0.500. The maximum Gasteiger partial charge on any atom is 0.303 e. The van der Waals surface area contributed by atoms with Crippen molar-refractivity contribution in [2.75, 3.05) is 6.61 Å². The molecule has 0 saturated carbocycles. The van der Waals surface area contributed by atoms with E-state index in [4.69, 9.17) is 18.9 Å². The molecule has 0 bridgehead atoms. The molecule has 1 heterocycles. The molecule has 1 aromatic rings. The molecule has 0 unspecified atom stereocenters. The Hall–Kier alpha value is -2.70. The molecule has 5 atom stereocenters. The van der Waals surface area contributed by atoms with E-state index in [0.717, 1.165) is 32.5 Å². The molecule has 0 radical (unpaired) electrons. The van der Waals surface area contributed by atoms with Crippen LogP contribution < -0.4 is 0 Å². The van der Waals surface area contributed by atoms with Gasteiger partial charge in [0.05, 0.1) is 11.5 Å². The van der Waals surface area contributed by atoms with Crippen LogP contribution in [0.25, 0.3) is 0 Å². The van der Waals surface area contributed by atoms with E-state index in [1.807, 2.05) is 0 Å². The molecule has 164 valence electrons. The molecule has 1 aliphatic heterocycles. The number of hydrogen-bond acceptors (Lipinski definition) is 11. The fourth-order valence-electron chi connectivity index (χ4n) is 2.88. The molecule has 1 N–H and O–H groups in total. The Bertz CT molecular complexity index is 799. The minimum Gasteiger partial charge on any atom is -0.456 e. The number of carbonyl (C=O) groups is 3. The summed E-state index contributed by atoms with van der Waals surface area (Å²) >= 11 is 1.04. The third-order valence-electron chi connectivity index (χ3n) is 3.98. The van der Waals surface area contributed by atoms with Crippen molar-refractivity contribution in [3.8, 4) is 0 Å². The summed E-state index contributed by atoms with van der Waals surface area (Å²) in [5.74, 6) is -2.12. The molecular formula is C18H21NO10S. The summed E-state index contributed by atoms with van der Waals surface area (Å²) < 4.78 is 21.6. The number of rotatable bonds is 7. The molecule has 1 fully saturated rings. The number of benzene rings is 1. The van der Waals surface area contributed by atoms with Gasteiger partial charge in [0.25, 0.3) is 5.69 Å². The Morgan fingerprint density at radius 1 is 1.00 bits per heavy atom. The second-order valence-electron chi connectivity index (χ2n) is 6.32. The van der Waals surface area contributed by atoms with Gasteiger partial charge in [-0.05, 0) is 12.1 Å². The third kappa shape index (κ3) is 6.15. The molecule has 0 amide bonds. The zero-order valence-electron chi connectivity index (χ0n) is 16.4. The Balaban J connectivity index is 2.38. The third-order valence-corrected chi connectivity index (χ3v) is 5.13. The number of carbonyl (C=O) groups excluding carboxylic acids is 3. The number of nitro groups is 1. The van der Waals surface area contributed by atoms with Crippen LogP contribution in [0.4, 0.5) is 5.69 Å². The first-order chi connectivity index (χ1) is 14.1. The fourth-order valence-corrected chi connectivity index (χ4v) is 3.98. The average molecular weight is 443 g/mol. The van der Waals surface area contributed by atoms with Crippen molar-refractivity contribution in [3.63, 3.8) is 0 Å². The van der Waals surface area contributed by atoms with Crippen LogP contribution in [0.1, 0.15) is 20.8 Å². The zero-order valence-corrected chi connectivity index (χ0v) is 17.2. The van der Waals surface area contributed by atoms with E-state index < -0.39 is 59.3 Å². The van der Waals surface area contributed by atoms with E-state index in [1.165, 1.54) is 24.3 Å². The van der Waals surface area contributed by atoms with Crippen LogP contribution >= 0.6 is 11.8 Å². The van der Waals surface area contributed by atoms with Crippen LogP contribution in [-0.4, -0.2) is 64.4 Å². The van der Waals surface area contributed by atoms with Gasteiger partial charge in [-0.2, -0.15) is 0 Å². The summed E-state index contributed by atoms with van der Waals surface area (Å²) in [6.45, 7) is 2.85. The minimum absolute atomic E-state index is 0.110. The molecule has 2 rings (SSSR count). The highest BCUT2D eigenvalue weighted by molar-refractivity contribution is 7.99. The molecule has 0 aromatic heterocycles. The summed E-state index contributed by atoms with van der Waals surface area (Å²) in [4.78, 5) is 45.7. The number of aliphatic hydroxyl groups excluding tert-OH is 1. The van der Waals surface area contributed by atoms with Crippen LogP contribution in [0.5, 0.6) is 0 Å². The minimum atomic E-state index is -1.24. The quantitative estimate of drug-likeness (QED) is 0.280. The smallest absolute Gasteiger partial charge is 0.303 e. The number of aliphatic hydroxyl groups is 1. The Labute approximate surface area is 175 Å². The maximum absolute atomic E-state index is 11.7. The van der Waals surface area contributed by atoms with Crippen molar-refractivity contribution in [2.45, 2.75) is 55.5 Å². The van der Waals surface area contributed by atoms with Gasteiger partial charge < -0.3 is 24.1 Å². The summed E-state index contributed by atoms with van der Waals surface area (Å²) in [7, 11) is 0. The maximum atomic E-state index is 11.7. The van der Waals surface area contributed by atoms with Gasteiger partial charge in [-0.1, -0.05) is 11.8 Å². The number of non-ortho nitro benzene ring substituents is 1. The van der Waals surface area contributed by atoms with Gasteiger partial charge in [-0.25, -0.2) is 0 Å². The Morgan fingerprint density at radius 3 is 1.97 bits per heavy atom. The standard InChI is InChI=1S/C18H21NO10S/c1-9(21)26-15-14(8-20)29-18(17(28-11(3)23)16(15)27-10(2)22)30-13-6-4-12(5-7-13)19(24)25/h4-7,14-18,20H,8H2,1-3H3/t14-,15-,16+,17-,18+/m1/s1. The lowest BCUT2D eigenvalue weighted by atomic mass is 9.99. The van der Waals surface area contributed by atoms with Crippen molar-refractivity contribution < 1.29 is 43.4 Å². The van der Waals surface area contributed by atoms with Crippen molar-refractivity contribution in [2.24, 2.45) is 0 Å². The highest BCUT2D eigenvalue weighted by Gasteiger charge is 2.51. The lowest BCUT2D eigenvalue weighted by Gasteiger charge is -2.43. The number of ether oxygens (including phenoxy) is 4. The van der Waals surface area contributed by atoms with Gasteiger partial charge in [0.15, 0.2) is 18.3 Å².